The largest absolute Gasteiger partial charge is 0.335 e. The molecule has 0 radical (unpaired) electrons. The number of piperazine rings is 1. The monoisotopic (exact) mass is 418 g/mol. The van der Waals surface area contributed by atoms with E-state index in [1.165, 1.54) is 16.8 Å². The van der Waals surface area contributed by atoms with E-state index in [2.05, 4.69) is 21.0 Å². The number of amides is 2. The fraction of sp³-hybridized carbons (Fsp3) is 0.333. The third-order valence-corrected chi connectivity index (χ3v) is 4.86. The van der Waals surface area contributed by atoms with Crippen molar-refractivity contribution in [3.8, 4) is 0 Å². The smallest absolute Gasteiger partial charge is 0.274 e. The molecule has 136 valence electrons. The Morgan fingerprint density at radius 3 is 2.12 bits per heavy atom. The fourth-order valence-corrected chi connectivity index (χ4v) is 3.10. The molecule has 1 fully saturated rings. The van der Waals surface area contributed by atoms with Crippen molar-refractivity contribution in [2.45, 2.75) is 13.5 Å². The maximum Gasteiger partial charge on any atom is 0.274 e. The number of hydrogen-bond donors (Lipinski definition) is 0. The molecule has 7 nitrogen and oxygen atoms in total. The molecule has 1 saturated heterocycles. The predicted molar refractivity (Wildman–Crippen MR) is 100 cm³/mol. The third kappa shape index (κ3) is 3.85. The lowest BCUT2D eigenvalue weighted by Crippen LogP contribution is -2.51. The van der Waals surface area contributed by atoms with E-state index in [0.717, 1.165) is 4.47 Å². The van der Waals surface area contributed by atoms with Gasteiger partial charge in [-0.05, 0) is 37.3 Å². The minimum Gasteiger partial charge on any atom is -0.335 e. The average molecular weight is 419 g/mol. The van der Waals surface area contributed by atoms with E-state index >= 15 is 0 Å². The number of benzene rings is 1. The first-order valence-electron chi connectivity index (χ1n) is 8.42. The van der Waals surface area contributed by atoms with Gasteiger partial charge in [0.2, 0.25) is 0 Å². The summed E-state index contributed by atoms with van der Waals surface area (Å²) in [5, 5.41) is 4.10. The topological polar surface area (TPSA) is 75.5 Å². The number of carbonyl (C=O) groups excluding carboxylic acids is 2. The first-order chi connectivity index (χ1) is 12.5. The number of aromatic nitrogens is 2. The number of rotatable bonds is 3. The Bertz CT molecular complexity index is 871. The SMILES string of the molecule is CCn1nc(C(=O)N2CCN(C(=O)c3ccc(Br)cc3)CC2)ccc1=O. The van der Waals surface area contributed by atoms with Gasteiger partial charge in [0.15, 0.2) is 0 Å². The van der Waals surface area contributed by atoms with Gasteiger partial charge in [0.05, 0.1) is 0 Å². The molecule has 0 atom stereocenters. The Balaban J connectivity index is 1.64. The van der Waals surface area contributed by atoms with Gasteiger partial charge >= 0.3 is 0 Å². The molecule has 1 aliphatic heterocycles. The molecular formula is C18H19BrN4O3. The van der Waals surface area contributed by atoms with Gasteiger partial charge in [0, 0.05) is 48.8 Å². The molecule has 0 saturated carbocycles. The van der Waals surface area contributed by atoms with Crippen LogP contribution in [-0.2, 0) is 6.54 Å². The number of halogens is 1. The summed E-state index contributed by atoms with van der Waals surface area (Å²) in [5.41, 5.74) is 0.651. The number of nitrogens with zero attached hydrogens (tertiary/aromatic N) is 4. The highest BCUT2D eigenvalue weighted by Crippen LogP contribution is 2.14. The summed E-state index contributed by atoms with van der Waals surface area (Å²) in [6, 6.07) is 10.0. The Hall–Kier alpha value is -2.48. The van der Waals surface area contributed by atoms with Crippen LogP contribution >= 0.6 is 15.9 Å². The minimum atomic E-state index is -0.228. The molecule has 0 bridgehead atoms. The summed E-state index contributed by atoms with van der Waals surface area (Å²) in [6.07, 6.45) is 0. The molecule has 0 N–H and O–H groups in total. The van der Waals surface area contributed by atoms with Crippen molar-refractivity contribution in [3.63, 3.8) is 0 Å². The fourth-order valence-electron chi connectivity index (χ4n) is 2.84. The number of hydrogen-bond acceptors (Lipinski definition) is 4. The Morgan fingerprint density at radius 1 is 0.962 bits per heavy atom. The van der Waals surface area contributed by atoms with Crippen LogP contribution in [0, 0.1) is 0 Å². The highest BCUT2D eigenvalue weighted by atomic mass is 79.9. The van der Waals surface area contributed by atoms with Crippen molar-refractivity contribution in [2.75, 3.05) is 26.2 Å². The van der Waals surface area contributed by atoms with Gasteiger partial charge in [-0.2, -0.15) is 5.10 Å². The molecule has 2 heterocycles. The summed E-state index contributed by atoms with van der Waals surface area (Å²) in [6.45, 7) is 4.02. The van der Waals surface area contributed by atoms with Gasteiger partial charge in [0.1, 0.15) is 5.69 Å². The lowest BCUT2D eigenvalue weighted by atomic mass is 10.2. The quantitative estimate of drug-likeness (QED) is 0.758. The lowest BCUT2D eigenvalue weighted by molar-refractivity contribution is 0.0531. The summed E-state index contributed by atoms with van der Waals surface area (Å²) < 4.78 is 2.19. The van der Waals surface area contributed by atoms with Crippen LogP contribution in [0.3, 0.4) is 0 Å². The zero-order chi connectivity index (χ0) is 18.7. The van der Waals surface area contributed by atoms with Gasteiger partial charge < -0.3 is 9.80 Å². The van der Waals surface area contributed by atoms with Crippen LogP contribution < -0.4 is 5.56 Å². The van der Waals surface area contributed by atoms with E-state index in [9.17, 15) is 14.4 Å². The van der Waals surface area contributed by atoms with Crippen LogP contribution in [-0.4, -0.2) is 57.6 Å². The van der Waals surface area contributed by atoms with Gasteiger partial charge in [0.25, 0.3) is 17.4 Å². The molecule has 1 aromatic heterocycles. The zero-order valence-corrected chi connectivity index (χ0v) is 16.0. The van der Waals surface area contributed by atoms with Crippen LogP contribution in [0.2, 0.25) is 0 Å². The second kappa shape index (κ2) is 7.82. The second-order valence-corrected chi connectivity index (χ2v) is 6.88. The summed E-state index contributed by atoms with van der Waals surface area (Å²) >= 11 is 3.35. The van der Waals surface area contributed by atoms with E-state index in [-0.39, 0.29) is 23.1 Å². The molecule has 26 heavy (non-hydrogen) atoms. The molecular weight excluding hydrogens is 400 g/mol. The standard InChI is InChI=1S/C18H19BrN4O3/c1-2-23-16(24)8-7-15(20-23)18(26)22-11-9-21(10-12-22)17(25)13-3-5-14(19)6-4-13/h3-8H,2,9-12H2,1H3. The van der Waals surface area contributed by atoms with Crippen LogP contribution in [0.15, 0.2) is 45.7 Å². The van der Waals surface area contributed by atoms with Crippen LogP contribution in [0.5, 0.6) is 0 Å². The summed E-state index contributed by atoms with van der Waals surface area (Å²) in [7, 11) is 0. The zero-order valence-electron chi connectivity index (χ0n) is 14.4. The van der Waals surface area contributed by atoms with Crippen molar-refractivity contribution in [3.05, 3.63) is 62.5 Å². The second-order valence-electron chi connectivity index (χ2n) is 5.96. The highest BCUT2D eigenvalue weighted by Gasteiger charge is 2.26. The van der Waals surface area contributed by atoms with Crippen molar-refractivity contribution in [1.29, 1.82) is 0 Å². The summed E-state index contributed by atoms with van der Waals surface area (Å²) in [4.78, 5) is 40.1. The Morgan fingerprint density at radius 2 is 1.54 bits per heavy atom. The number of aryl methyl sites for hydroxylation is 1. The molecule has 8 heteroatoms. The summed E-state index contributed by atoms with van der Waals surface area (Å²) in [5.74, 6) is -0.259. The van der Waals surface area contributed by atoms with Gasteiger partial charge in [-0.3, -0.25) is 14.4 Å². The van der Waals surface area contributed by atoms with Gasteiger partial charge in [-0.15, -0.1) is 0 Å². The molecule has 0 spiro atoms. The van der Waals surface area contributed by atoms with Gasteiger partial charge in [-0.25, -0.2) is 4.68 Å². The molecule has 2 aromatic rings. The van der Waals surface area contributed by atoms with Crippen LogP contribution in [0.4, 0.5) is 0 Å². The molecule has 0 aliphatic carbocycles. The van der Waals surface area contributed by atoms with Crippen molar-refractivity contribution >= 4 is 27.7 Å². The van der Waals surface area contributed by atoms with Crippen LogP contribution in [0.25, 0.3) is 0 Å². The molecule has 2 amide bonds. The maximum atomic E-state index is 12.6. The normalized spacial score (nSPS) is 14.4. The third-order valence-electron chi connectivity index (χ3n) is 4.33. The Labute approximate surface area is 159 Å². The van der Waals surface area contributed by atoms with E-state index in [0.29, 0.717) is 38.3 Å². The number of carbonyl (C=O) groups is 2. The Kier molecular flexibility index (Phi) is 5.51. The molecule has 3 rings (SSSR count). The van der Waals surface area contributed by atoms with E-state index in [4.69, 9.17) is 0 Å². The average Bonchev–Trinajstić information content (AvgIpc) is 2.68. The first-order valence-corrected chi connectivity index (χ1v) is 9.21. The van der Waals surface area contributed by atoms with Crippen molar-refractivity contribution in [2.24, 2.45) is 0 Å². The maximum absolute atomic E-state index is 12.6. The van der Waals surface area contributed by atoms with E-state index in [1.54, 1.807) is 28.9 Å². The van der Waals surface area contributed by atoms with E-state index in [1.807, 2.05) is 12.1 Å². The first kappa shape index (κ1) is 18.3. The molecule has 0 unspecified atom stereocenters. The van der Waals surface area contributed by atoms with Crippen molar-refractivity contribution in [1.82, 2.24) is 19.6 Å². The minimum absolute atomic E-state index is 0.0396. The highest BCUT2D eigenvalue weighted by molar-refractivity contribution is 9.10. The van der Waals surface area contributed by atoms with Crippen molar-refractivity contribution < 1.29 is 9.59 Å². The van der Waals surface area contributed by atoms with Crippen LogP contribution in [0.1, 0.15) is 27.8 Å². The van der Waals surface area contributed by atoms with E-state index < -0.39 is 0 Å². The predicted octanol–water partition coefficient (Wildman–Crippen LogP) is 1.62. The molecule has 1 aromatic carbocycles. The molecule has 1 aliphatic rings. The lowest BCUT2D eigenvalue weighted by Gasteiger charge is -2.34. The van der Waals surface area contributed by atoms with Gasteiger partial charge in [-0.1, -0.05) is 15.9 Å².